The van der Waals surface area contributed by atoms with Gasteiger partial charge in [-0.25, -0.2) is 4.79 Å². The van der Waals surface area contributed by atoms with Gasteiger partial charge in [-0.3, -0.25) is 0 Å². The van der Waals surface area contributed by atoms with Crippen LogP contribution in [0.1, 0.15) is 31.7 Å². The fraction of sp³-hybridized carbons (Fsp3) is 0.533. The molecule has 0 radical (unpaired) electrons. The van der Waals surface area contributed by atoms with Gasteiger partial charge in [-0.1, -0.05) is 37.3 Å². The van der Waals surface area contributed by atoms with E-state index in [4.69, 9.17) is 4.74 Å². The lowest BCUT2D eigenvalue weighted by atomic mass is 9.89. The van der Waals surface area contributed by atoms with E-state index in [2.05, 4.69) is 0 Å². The fourth-order valence-electron chi connectivity index (χ4n) is 2.27. The third-order valence-electron chi connectivity index (χ3n) is 3.82. The Balaban J connectivity index is 1.79. The van der Waals surface area contributed by atoms with Crippen LogP contribution in [0.3, 0.4) is 0 Å². The molecule has 4 nitrogen and oxygen atoms in total. The molecule has 1 fully saturated rings. The van der Waals surface area contributed by atoms with Crippen molar-refractivity contribution in [1.82, 2.24) is 4.90 Å². The lowest BCUT2D eigenvalue weighted by molar-refractivity contribution is -0.0236. The Morgan fingerprint density at radius 1 is 1.32 bits per heavy atom. The van der Waals surface area contributed by atoms with Crippen LogP contribution in [0.25, 0.3) is 0 Å². The predicted octanol–water partition coefficient (Wildman–Crippen LogP) is 2.56. The Kier molecular flexibility index (Phi) is 4.43. The number of rotatable bonds is 3. The number of amides is 1. The van der Waals surface area contributed by atoms with E-state index in [1.807, 2.05) is 37.3 Å². The minimum atomic E-state index is -0.601. The number of piperidine rings is 1. The summed E-state index contributed by atoms with van der Waals surface area (Å²) in [5, 5.41) is 10.1. The van der Waals surface area contributed by atoms with Gasteiger partial charge < -0.3 is 14.7 Å². The van der Waals surface area contributed by atoms with Crippen molar-refractivity contribution in [1.29, 1.82) is 0 Å². The SMILES string of the molecule is CCC1(O)CCN(C(=O)OCc2ccccc2)CC1. The molecule has 1 saturated heterocycles. The number of aliphatic hydroxyl groups is 1. The van der Waals surface area contributed by atoms with Crippen LogP contribution in [0.2, 0.25) is 0 Å². The van der Waals surface area contributed by atoms with Crippen LogP contribution < -0.4 is 0 Å². The summed E-state index contributed by atoms with van der Waals surface area (Å²) in [6, 6.07) is 9.64. The van der Waals surface area contributed by atoms with Crippen LogP contribution in [0.5, 0.6) is 0 Å². The molecule has 1 aromatic carbocycles. The number of carbonyl (C=O) groups is 1. The standard InChI is InChI=1S/C15H21NO3/c1-2-15(18)8-10-16(11-9-15)14(17)19-12-13-6-4-3-5-7-13/h3-7,18H,2,8-12H2,1H3. The second kappa shape index (κ2) is 6.06. The summed E-state index contributed by atoms with van der Waals surface area (Å²) in [5.41, 5.74) is 0.383. The van der Waals surface area contributed by atoms with E-state index >= 15 is 0 Å². The molecule has 1 heterocycles. The highest BCUT2D eigenvalue weighted by Crippen LogP contribution is 2.25. The molecule has 0 saturated carbocycles. The molecule has 19 heavy (non-hydrogen) atoms. The maximum absolute atomic E-state index is 11.9. The van der Waals surface area contributed by atoms with Crippen LogP contribution in [0, 0.1) is 0 Å². The summed E-state index contributed by atoms with van der Waals surface area (Å²) >= 11 is 0. The first-order valence-corrected chi connectivity index (χ1v) is 6.81. The van der Waals surface area contributed by atoms with Gasteiger partial charge in [0.15, 0.2) is 0 Å². The van der Waals surface area contributed by atoms with Crippen LogP contribution >= 0.6 is 0 Å². The molecular weight excluding hydrogens is 242 g/mol. The molecule has 4 heteroatoms. The lowest BCUT2D eigenvalue weighted by Crippen LogP contribution is -2.46. The normalized spacial score (nSPS) is 18.1. The van der Waals surface area contributed by atoms with Crippen LogP contribution in [-0.2, 0) is 11.3 Å². The largest absolute Gasteiger partial charge is 0.445 e. The smallest absolute Gasteiger partial charge is 0.410 e. The molecule has 0 atom stereocenters. The first kappa shape index (κ1) is 13.9. The number of ether oxygens (including phenoxy) is 1. The van der Waals surface area contributed by atoms with Crippen molar-refractivity contribution in [2.45, 2.75) is 38.4 Å². The van der Waals surface area contributed by atoms with Crippen molar-refractivity contribution < 1.29 is 14.6 Å². The number of likely N-dealkylation sites (tertiary alicyclic amines) is 1. The topological polar surface area (TPSA) is 49.8 Å². The second-order valence-electron chi connectivity index (χ2n) is 5.11. The zero-order valence-corrected chi connectivity index (χ0v) is 11.3. The first-order valence-electron chi connectivity index (χ1n) is 6.81. The lowest BCUT2D eigenvalue weighted by Gasteiger charge is -2.37. The molecule has 0 bridgehead atoms. The molecule has 1 amide bonds. The van der Waals surface area contributed by atoms with Crippen molar-refractivity contribution >= 4 is 6.09 Å². The van der Waals surface area contributed by atoms with Crippen molar-refractivity contribution in [2.24, 2.45) is 0 Å². The summed E-state index contributed by atoms with van der Waals surface area (Å²) in [5.74, 6) is 0. The summed E-state index contributed by atoms with van der Waals surface area (Å²) in [6.45, 7) is 3.41. The molecule has 0 aromatic heterocycles. The van der Waals surface area contributed by atoms with Crippen molar-refractivity contribution in [3.05, 3.63) is 35.9 Å². The Labute approximate surface area is 114 Å². The Morgan fingerprint density at radius 2 is 1.95 bits per heavy atom. The maximum Gasteiger partial charge on any atom is 0.410 e. The van der Waals surface area contributed by atoms with E-state index in [9.17, 15) is 9.90 Å². The van der Waals surface area contributed by atoms with Gasteiger partial charge in [0, 0.05) is 13.1 Å². The molecule has 104 valence electrons. The van der Waals surface area contributed by atoms with Crippen molar-refractivity contribution in [3.63, 3.8) is 0 Å². The van der Waals surface area contributed by atoms with Gasteiger partial charge in [0.1, 0.15) is 6.61 Å². The molecule has 1 aliphatic heterocycles. The zero-order chi connectivity index (χ0) is 13.7. The quantitative estimate of drug-likeness (QED) is 0.911. The van der Waals surface area contributed by atoms with E-state index < -0.39 is 5.60 Å². The Morgan fingerprint density at radius 3 is 2.53 bits per heavy atom. The second-order valence-corrected chi connectivity index (χ2v) is 5.11. The highest BCUT2D eigenvalue weighted by atomic mass is 16.6. The summed E-state index contributed by atoms with van der Waals surface area (Å²) in [6.07, 6.45) is 1.70. The monoisotopic (exact) mass is 263 g/mol. The van der Waals surface area contributed by atoms with Gasteiger partial charge in [-0.2, -0.15) is 0 Å². The van der Waals surface area contributed by atoms with Gasteiger partial charge in [0.25, 0.3) is 0 Å². The molecule has 0 unspecified atom stereocenters. The van der Waals surface area contributed by atoms with Crippen molar-refractivity contribution in [2.75, 3.05) is 13.1 Å². The van der Waals surface area contributed by atoms with Crippen LogP contribution in [0.4, 0.5) is 4.79 Å². The third-order valence-corrected chi connectivity index (χ3v) is 3.82. The van der Waals surface area contributed by atoms with E-state index in [0.29, 0.717) is 32.5 Å². The highest BCUT2D eigenvalue weighted by molar-refractivity contribution is 5.67. The predicted molar refractivity (Wildman–Crippen MR) is 72.7 cm³/mol. The van der Waals surface area contributed by atoms with Crippen molar-refractivity contribution in [3.8, 4) is 0 Å². The summed E-state index contributed by atoms with van der Waals surface area (Å²) in [7, 11) is 0. The van der Waals surface area contributed by atoms with Gasteiger partial charge >= 0.3 is 6.09 Å². The Bertz CT molecular complexity index is 411. The average Bonchev–Trinajstić information content (AvgIpc) is 2.47. The summed E-state index contributed by atoms with van der Waals surface area (Å²) < 4.78 is 5.27. The van der Waals surface area contributed by atoms with Gasteiger partial charge in [-0.15, -0.1) is 0 Å². The minimum Gasteiger partial charge on any atom is -0.445 e. The molecule has 0 aliphatic carbocycles. The number of benzene rings is 1. The number of hydrogen-bond donors (Lipinski definition) is 1. The minimum absolute atomic E-state index is 0.290. The number of carbonyl (C=O) groups excluding carboxylic acids is 1. The van der Waals surface area contributed by atoms with Crippen LogP contribution in [0.15, 0.2) is 30.3 Å². The van der Waals surface area contributed by atoms with Crippen LogP contribution in [-0.4, -0.2) is 34.8 Å². The molecule has 0 spiro atoms. The van der Waals surface area contributed by atoms with E-state index in [0.717, 1.165) is 12.0 Å². The van der Waals surface area contributed by atoms with E-state index in [1.165, 1.54) is 0 Å². The first-order chi connectivity index (χ1) is 9.13. The molecular formula is C15H21NO3. The summed E-state index contributed by atoms with van der Waals surface area (Å²) in [4.78, 5) is 13.6. The van der Waals surface area contributed by atoms with Gasteiger partial charge in [-0.05, 0) is 24.8 Å². The maximum atomic E-state index is 11.9. The molecule has 1 aliphatic rings. The molecule has 1 aromatic rings. The van der Waals surface area contributed by atoms with Gasteiger partial charge in [0.2, 0.25) is 0 Å². The zero-order valence-electron chi connectivity index (χ0n) is 11.3. The fourth-order valence-corrected chi connectivity index (χ4v) is 2.27. The number of nitrogens with zero attached hydrogens (tertiary/aromatic N) is 1. The highest BCUT2D eigenvalue weighted by Gasteiger charge is 2.32. The van der Waals surface area contributed by atoms with E-state index in [-0.39, 0.29) is 6.09 Å². The number of hydrogen-bond acceptors (Lipinski definition) is 3. The Hall–Kier alpha value is -1.55. The molecule has 1 N–H and O–H groups in total. The van der Waals surface area contributed by atoms with E-state index in [1.54, 1.807) is 4.90 Å². The third kappa shape index (κ3) is 3.70. The molecule has 2 rings (SSSR count). The van der Waals surface area contributed by atoms with Gasteiger partial charge in [0.05, 0.1) is 5.60 Å². The average molecular weight is 263 g/mol.